The molecule has 1 aromatic carbocycles. The molecular formula is C14H18ClNO3. The second kappa shape index (κ2) is 6.26. The Morgan fingerprint density at radius 3 is 2.84 bits per heavy atom. The molecule has 0 heterocycles. The topological polar surface area (TPSA) is 58.6 Å². The van der Waals surface area contributed by atoms with Crippen LogP contribution in [0, 0.1) is 0 Å². The zero-order valence-corrected chi connectivity index (χ0v) is 11.6. The van der Waals surface area contributed by atoms with Crippen molar-refractivity contribution in [3.05, 3.63) is 28.8 Å². The van der Waals surface area contributed by atoms with Crippen LogP contribution in [-0.2, 0) is 0 Å². The molecule has 0 bridgehead atoms. The molecule has 4 nitrogen and oxygen atoms in total. The fourth-order valence-electron chi connectivity index (χ4n) is 2.42. The summed E-state index contributed by atoms with van der Waals surface area (Å²) in [5.41, 5.74) is 0.324. The zero-order chi connectivity index (χ0) is 13.8. The summed E-state index contributed by atoms with van der Waals surface area (Å²) in [4.78, 5) is 12.3. The van der Waals surface area contributed by atoms with Crippen LogP contribution in [0.4, 0.5) is 0 Å². The molecule has 1 saturated carbocycles. The fourth-order valence-corrected chi connectivity index (χ4v) is 2.67. The van der Waals surface area contributed by atoms with E-state index in [1.807, 2.05) is 0 Å². The highest BCUT2D eigenvalue weighted by molar-refractivity contribution is 6.34. The summed E-state index contributed by atoms with van der Waals surface area (Å²) in [5.74, 6) is 0.142. The van der Waals surface area contributed by atoms with Gasteiger partial charge in [-0.25, -0.2) is 0 Å². The molecule has 1 aliphatic rings. The summed E-state index contributed by atoms with van der Waals surface area (Å²) < 4.78 is 5.16. The highest BCUT2D eigenvalue weighted by Crippen LogP contribution is 2.27. The van der Waals surface area contributed by atoms with Crippen LogP contribution < -0.4 is 10.1 Å². The van der Waals surface area contributed by atoms with Gasteiger partial charge in [0, 0.05) is 0 Å². The first-order valence-electron chi connectivity index (χ1n) is 6.45. The first-order valence-corrected chi connectivity index (χ1v) is 6.82. The fraction of sp³-hybridized carbons (Fsp3) is 0.500. The Hall–Kier alpha value is -1.26. The van der Waals surface area contributed by atoms with Gasteiger partial charge in [-0.1, -0.05) is 30.5 Å². The van der Waals surface area contributed by atoms with Gasteiger partial charge in [-0.3, -0.25) is 4.79 Å². The predicted molar refractivity (Wildman–Crippen MR) is 73.7 cm³/mol. The Kier molecular flexibility index (Phi) is 4.66. The van der Waals surface area contributed by atoms with Gasteiger partial charge in [0.05, 0.1) is 29.8 Å². The monoisotopic (exact) mass is 283 g/mol. The van der Waals surface area contributed by atoms with Crippen LogP contribution in [0.2, 0.25) is 5.02 Å². The number of hydrogen-bond acceptors (Lipinski definition) is 3. The minimum Gasteiger partial charge on any atom is -0.496 e. The van der Waals surface area contributed by atoms with Crippen molar-refractivity contribution in [3.63, 3.8) is 0 Å². The molecule has 0 spiro atoms. The number of carbonyl (C=O) groups is 1. The third-order valence-corrected chi connectivity index (χ3v) is 3.78. The van der Waals surface area contributed by atoms with Crippen molar-refractivity contribution in [2.45, 2.75) is 37.8 Å². The van der Waals surface area contributed by atoms with E-state index in [4.69, 9.17) is 16.3 Å². The van der Waals surface area contributed by atoms with Crippen LogP contribution in [0.5, 0.6) is 5.75 Å². The minimum atomic E-state index is -0.480. The number of aliphatic hydroxyl groups is 1. The Bertz CT molecular complexity index is 464. The first kappa shape index (κ1) is 14.2. The quantitative estimate of drug-likeness (QED) is 0.895. The van der Waals surface area contributed by atoms with Crippen molar-refractivity contribution >= 4 is 17.5 Å². The van der Waals surface area contributed by atoms with Gasteiger partial charge in [-0.2, -0.15) is 0 Å². The van der Waals surface area contributed by atoms with Crippen LogP contribution >= 0.6 is 11.6 Å². The van der Waals surface area contributed by atoms with E-state index in [1.54, 1.807) is 18.2 Å². The molecule has 2 rings (SSSR count). The predicted octanol–water partition coefficient (Wildman–Crippen LogP) is 2.38. The molecular weight excluding hydrogens is 266 g/mol. The number of methoxy groups -OCH3 is 1. The van der Waals surface area contributed by atoms with Gasteiger partial charge in [0.15, 0.2) is 0 Å². The Labute approximate surface area is 117 Å². The van der Waals surface area contributed by atoms with E-state index in [9.17, 15) is 9.90 Å². The third-order valence-electron chi connectivity index (χ3n) is 3.47. The summed E-state index contributed by atoms with van der Waals surface area (Å²) in [6.45, 7) is 0. The van der Waals surface area contributed by atoms with Gasteiger partial charge in [0.2, 0.25) is 0 Å². The number of rotatable bonds is 3. The van der Waals surface area contributed by atoms with Crippen LogP contribution in [-0.4, -0.2) is 30.3 Å². The molecule has 2 atom stereocenters. The van der Waals surface area contributed by atoms with Crippen molar-refractivity contribution < 1.29 is 14.6 Å². The number of nitrogens with one attached hydrogen (secondary N) is 1. The second-order valence-corrected chi connectivity index (χ2v) is 5.16. The van der Waals surface area contributed by atoms with Gasteiger partial charge in [0.1, 0.15) is 5.75 Å². The summed E-state index contributed by atoms with van der Waals surface area (Å²) in [7, 11) is 1.50. The number of carbonyl (C=O) groups excluding carboxylic acids is 1. The Morgan fingerprint density at radius 1 is 1.42 bits per heavy atom. The average Bonchev–Trinajstić information content (AvgIpc) is 2.40. The van der Waals surface area contributed by atoms with Crippen LogP contribution in [0.1, 0.15) is 36.0 Å². The lowest BCUT2D eigenvalue weighted by atomic mass is 9.92. The van der Waals surface area contributed by atoms with E-state index in [-0.39, 0.29) is 11.9 Å². The summed E-state index contributed by atoms with van der Waals surface area (Å²) in [6.07, 6.45) is 3.06. The van der Waals surface area contributed by atoms with E-state index in [0.717, 1.165) is 25.7 Å². The number of halogens is 1. The van der Waals surface area contributed by atoms with Crippen molar-refractivity contribution in [3.8, 4) is 5.75 Å². The van der Waals surface area contributed by atoms with Crippen LogP contribution in [0.25, 0.3) is 0 Å². The van der Waals surface area contributed by atoms with Gasteiger partial charge < -0.3 is 15.2 Å². The summed E-state index contributed by atoms with van der Waals surface area (Å²) in [5, 5.41) is 13.1. The molecule has 1 amide bonds. The van der Waals surface area contributed by atoms with E-state index in [2.05, 4.69) is 5.32 Å². The van der Waals surface area contributed by atoms with E-state index in [1.165, 1.54) is 7.11 Å². The molecule has 19 heavy (non-hydrogen) atoms. The number of amides is 1. The smallest absolute Gasteiger partial charge is 0.256 e. The molecule has 0 aliphatic heterocycles. The maximum Gasteiger partial charge on any atom is 0.256 e. The summed E-state index contributed by atoms with van der Waals surface area (Å²) in [6, 6.07) is 4.86. The van der Waals surface area contributed by atoms with Crippen molar-refractivity contribution in [1.29, 1.82) is 0 Å². The van der Waals surface area contributed by atoms with E-state index >= 15 is 0 Å². The highest BCUT2D eigenvalue weighted by atomic mass is 35.5. The molecule has 0 radical (unpaired) electrons. The normalized spacial score (nSPS) is 22.9. The average molecular weight is 284 g/mol. The van der Waals surface area contributed by atoms with Gasteiger partial charge in [-0.05, 0) is 25.0 Å². The molecule has 1 fully saturated rings. The molecule has 0 aromatic heterocycles. The lowest BCUT2D eigenvalue weighted by Crippen LogP contribution is -2.45. The molecule has 1 aliphatic carbocycles. The van der Waals surface area contributed by atoms with Crippen molar-refractivity contribution in [2.24, 2.45) is 0 Å². The summed E-state index contributed by atoms with van der Waals surface area (Å²) >= 11 is 6.05. The van der Waals surface area contributed by atoms with Gasteiger partial charge in [0.25, 0.3) is 5.91 Å². The second-order valence-electron chi connectivity index (χ2n) is 4.75. The first-order chi connectivity index (χ1) is 9.13. The number of ether oxygens (including phenoxy) is 1. The molecule has 104 valence electrons. The number of benzene rings is 1. The maximum atomic E-state index is 12.3. The highest BCUT2D eigenvalue weighted by Gasteiger charge is 2.26. The number of hydrogen-bond donors (Lipinski definition) is 2. The molecule has 5 heteroatoms. The molecule has 1 aromatic rings. The van der Waals surface area contributed by atoms with Crippen LogP contribution in [0.15, 0.2) is 18.2 Å². The Morgan fingerprint density at radius 2 is 2.16 bits per heavy atom. The lowest BCUT2D eigenvalue weighted by molar-refractivity contribution is 0.0715. The largest absolute Gasteiger partial charge is 0.496 e. The zero-order valence-electron chi connectivity index (χ0n) is 10.9. The van der Waals surface area contributed by atoms with Crippen LogP contribution in [0.3, 0.4) is 0 Å². The lowest BCUT2D eigenvalue weighted by Gasteiger charge is -2.28. The SMILES string of the molecule is COc1cccc(Cl)c1C(=O)NC1CCCCC1O. The Balaban J connectivity index is 2.15. The van der Waals surface area contributed by atoms with Crippen molar-refractivity contribution in [1.82, 2.24) is 5.32 Å². The van der Waals surface area contributed by atoms with Gasteiger partial charge >= 0.3 is 0 Å². The van der Waals surface area contributed by atoms with E-state index < -0.39 is 6.10 Å². The molecule has 2 unspecified atom stereocenters. The number of aliphatic hydroxyl groups excluding tert-OH is 1. The molecule has 2 N–H and O–H groups in total. The van der Waals surface area contributed by atoms with E-state index in [0.29, 0.717) is 16.3 Å². The minimum absolute atomic E-state index is 0.206. The van der Waals surface area contributed by atoms with Gasteiger partial charge in [-0.15, -0.1) is 0 Å². The van der Waals surface area contributed by atoms with Crippen molar-refractivity contribution in [2.75, 3.05) is 7.11 Å². The maximum absolute atomic E-state index is 12.3. The molecule has 0 saturated heterocycles. The standard InChI is InChI=1S/C14H18ClNO3/c1-19-12-8-4-5-9(15)13(12)14(18)16-10-6-2-3-7-11(10)17/h4-5,8,10-11,17H,2-3,6-7H2,1H3,(H,16,18). The third kappa shape index (κ3) is 3.19.